The Kier molecular flexibility index (Phi) is 6.44. The molecule has 1 unspecified atom stereocenters. The van der Waals surface area contributed by atoms with Crippen LogP contribution in [0.1, 0.15) is 84.5 Å². The molecule has 10 nitrogen and oxygen atoms in total. The minimum Gasteiger partial charge on any atom is -0.460 e. The number of fused-ring (bicyclic) bond motifs is 1. The molecule has 2 aromatic rings. The number of primary amides is 1. The van der Waals surface area contributed by atoms with Gasteiger partial charge in [-0.3, -0.25) is 9.59 Å². The molecule has 2 aliphatic rings. The number of nitrogens with zero attached hydrogens (tertiary/aromatic N) is 3. The highest BCUT2D eigenvalue weighted by Gasteiger charge is 2.35. The quantitative estimate of drug-likeness (QED) is 0.431. The van der Waals surface area contributed by atoms with Crippen LogP contribution in [0.25, 0.3) is 5.82 Å². The lowest BCUT2D eigenvalue weighted by molar-refractivity contribution is -0.151. The highest BCUT2D eigenvalue weighted by Crippen LogP contribution is 2.37. The van der Waals surface area contributed by atoms with Crippen LogP contribution in [-0.2, 0) is 16.0 Å². The van der Waals surface area contributed by atoms with Crippen molar-refractivity contribution in [3.05, 3.63) is 34.9 Å². The molecule has 2 aliphatic carbocycles. The van der Waals surface area contributed by atoms with Gasteiger partial charge in [0.2, 0.25) is 0 Å². The van der Waals surface area contributed by atoms with Crippen LogP contribution in [0.4, 0.5) is 5.82 Å². The average Bonchev–Trinajstić information content (AvgIpc) is 3.09. The Morgan fingerprint density at radius 3 is 2.62 bits per heavy atom. The molecule has 0 bridgehead atoms. The summed E-state index contributed by atoms with van der Waals surface area (Å²) in [5.41, 5.74) is 13.6. The summed E-state index contributed by atoms with van der Waals surface area (Å²) in [6.45, 7) is 5.98. The molecule has 0 saturated heterocycles. The van der Waals surface area contributed by atoms with Gasteiger partial charge in [0.1, 0.15) is 6.10 Å². The van der Waals surface area contributed by atoms with E-state index in [1.165, 1.54) is 6.20 Å². The van der Waals surface area contributed by atoms with Crippen molar-refractivity contribution in [3.8, 4) is 5.82 Å². The summed E-state index contributed by atoms with van der Waals surface area (Å²) in [5.74, 6) is -0.975. The summed E-state index contributed by atoms with van der Waals surface area (Å²) < 4.78 is 7.32. The van der Waals surface area contributed by atoms with Crippen LogP contribution >= 0.6 is 0 Å². The second-order valence-electron chi connectivity index (χ2n) is 10.1. The second-order valence-corrected chi connectivity index (χ2v) is 10.1. The van der Waals surface area contributed by atoms with E-state index in [2.05, 4.69) is 15.3 Å². The Labute approximate surface area is 198 Å². The summed E-state index contributed by atoms with van der Waals surface area (Å²) in [6.07, 6.45) is 7.79. The standard InChI is InChI=1S/C24H32N6O4/c1-13-12-30(15-9-24(2,3)10-16(31)18(13)15)17-11-27-19(21(26)32)22(28-17)29-20(25)23(33)34-14-7-5-4-6-8-14/h11-12,14,20H,4-10,25H2,1-3H3,(H2,26,32)(H,28,29). The third-order valence-corrected chi connectivity index (χ3v) is 6.48. The van der Waals surface area contributed by atoms with E-state index in [4.69, 9.17) is 16.2 Å². The fourth-order valence-electron chi connectivity index (χ4n) is 4.89. The maximum Gasteiger partial charge on any atom is 0.343 e. The van der Waals surface area contributed by atoms with Gasteiger partial charge < -0.3 is 26.1 Å². The smallest absolute Gasteiger partial charge is 0.343 e. The number of hydrogen-bond donors (Lipinski definition) is 3. The number of hydrogen-bond acceptors (Lipinski definition) is 8. The van der Waals surface area contributed by atoms with Crippen molar-refractivity contribution in [2.24, 2.45) is 16.9 Å². The first-order chi connectivity index (χ1) is 16.1. The first-order valence-corrected chi connectivity index (χ1v) is 11.7. The lowest BCUT2D eigenvalue weighted by Gasteiger charge is -2.29. The summed E-state index contributed by atoms with van der Waals surface area (Å²) >= 11 is 0. The summed E-state index contributed by atoms with van der Waals surface area (Å²) in [4.78, 5) is 46.0. The molecule has 1 saturated carbocycles. The molecule has 5 N–H and O–H groups in total. The largest absolute Gasteiger partial charge is 0.460 e. The summed E-state index contributed by atoms with van der Waals surface area (Å²) in [6, 6.07) is 0. The number of anilines is 1. The lowest BCUT2D eigenvalue weighted by atomic mass is 9.75. The highest BCUT2D eigenvalue weighted by molar-refractivity contribution is 6.00. The fourth-order valence-corrected chi connectivity index (χ4v) is 4.89. The number of carbonyl (C=O) groups is 3. The highest BCUT2D eigenvalue weighted by atomic mass is 16.5. The number of Topliss-reactive ketones (excluding diaryl/α,β-unsaturated/α-hetero) is 1. The maximum absolute atomic E-state index is 12.8. The molecule has 10 heteroatoms. The number of carbonyl (C=O) groups excluding carboxylic acids is 3. The topological polar surface area (TPSA) is 155 Å². The molecule has 1 atom stereocenters. The Hall–Kier alpha value is -3.27. The maximum atomic E-state index is 12.8. The minimum atomic E-state index is -1.24. The van der Waals surface area contributed by atoms with Gasteiger partial charge in [-0.1, -0.05) is 20.3 Å². The van der Waals surface area contributed by atoms with Crippen LogP contribution in [0.3, 0.4) is 0 Å². The van der Waals surface area contributed by atoms with Crippen LogP contribution in [0.15, 0.2) is 12.4 Å². The molecular formula is C24H32N6O4. The van der Waals surface area contributed by atoms with Gasteiger partial charge in [0.05, 0.1) is 6.20 Å². The van der Waals surface area contributed by atoms with Gasteiger partial charge in [-0.2, -0.15) is 0 Å². The fraction of sp³-hybridized carbons (Fsp3) is 0.542. The first-order valence-electron chi connectivity index (χ1n) is 11.7. The predicted molar refractivity (Wildman–Crippen MR) is 126 cm³/mol. The second kappa shape index (κ2) is 9.17. The number of ether oxygens (including phenoxy) is 1. The van der Waals surface area contributed by atoms with E-state index in [0.717, 1.165) is 43.4 Å². The molecule has 2 aromatic heterocycles. The van der Waals surface area contributed by atoms with Gasteiger partial charge in [0.15, 0.2) is 29.3 Å². The SMILES string of the molecule is Cc1cn(-c2cnc(C(N)=O)c(NC(N)C(=O)OC3CCCCC3)n2)c2c1C(=O)CC(C)(C)C2. The molecule has 0 aromatic carbocycles. The van der Waals surface area contributed by atoms with E-state index in [9.17, 15) is 14.4 Å². The number of nitrogens with one attached hydrogen (secondary N) is 1. The van der Waals surface area contributed by atoms with Gasteiger partial charge in [0.25, 0.3) is 5.91 Å². The van der Waals surface area contributed by atoms with E-state index in [-0.39, 0.29) is 28.8 Å². The molecule has 34 heavy (non-hydrogen) atoms. The van der Waals surface area contributed by atoms with E-state index in [1.54, 1.807) is 4.57 Å². The zero-order valence-corrected chi connectivity index (χ0v) is 19.9. The Morgan fingerprint density at radius 2 is 1.94 bits per heavy atom. The normalized spacial score (nSPS) is 18.8. The molecule has 0 radical (unpaired) electrons. The average molecular weight is 469 g/mol. The number of rotatable bonds is 6. The molecule has 2 heterocycles. The van der Waals surface area contributed by atoms with Gasteiger partial charge in [-0.05, 0) is 50.0 Å². The Balaban J connectivity index is 1.64. The Bertz CT molecular complexity index is 1130. The van der Waals surface area contributed by atoms with Gasteiger partial charge in [-0.15, -0.1) is 0 Å². The van der Waals surface area contributed by atoms with Crippen LogP contribution in [-0.4, -0.2) is 44.5 Å². The van der Waals surface area contributed by atoms with Crippen molar-refractivity contribution in [1.29, 1.82) is 0 Å². The van der Waals surface area contributed by atoms with Crippen LogP contribution < -0.4 is 16.8 Å². The van der Waals surface area contributed by atoms with Gasteiger partial charge in [0, 0.05) is 23.9 Å². The lowest BCUT2D eigenvalue weighted by Crippen LogP contribution is -2.42. The van der Waals surface area contributed by atoms with Gasteiger partial charge in [-0.25, -0.2) is 14.8 Å². The van der Waals surface area contributed by atoms with Crippen molar-refractivity contribution >= 4 is 23.5 Å². The number of ketones is 1. The van der Waals surface area contributed by atoms with Crippen molar-refractivity contribution in [3.63, 3.8) is 0 Å². The number of esters is 1. The minimum absolute atomic E-state index is 0.0143. The van der Waals surface area contributed by atoms with Crippen LogP contribution in [0, 0.1) is 12.3 Å². The summed E-state index contributed by atoms with van der Waals surface area (Å²) in [5, 5.41) is 2.75. The zero-order valence-electron chi connectivity index (χ0n) is 19.9. The number of nitrogens with two attached hydrogens (primary N) is 2. The summed E-state index contributed by atoms with van der Waals surface area (Å²) in [7, 11) is 0. The molecule has 1 fully saturated rings. The molecule has 182 valence electrons. The van der Waals surface area contributed by atoms with E-state index in [0.29, 0.717) is 24.2 Å². The van der Waals surface area contributed by atoms with Crippen LogP contribution in [0.5, 0.6) is 0 Å². The molecular weight excluding hydrogens is 436 g/mol. The van der Waals surface area contributed by atoms with Crippen molar-refractivity contribution in [2.75, 3.05) is 5.32 Å². The zero-order chi connectivity index (χ0) is 24.6. The molecule has 4 rings (SSSR count). The van der Waals surface area contributed by atoms with Crippen molar-refractivity contribution in [1.82, 2.24) is 14.5 Å². The third kappa shape index (κ3) is 4.82. The monoisotopic (exact) mass is 468 g/mol. The molecule has 0 spiro atoms. The van der Waals surface area contributed by atoms with E-state index in [1.807, 2.05) is 27.0 Å². The van der Waals surface area contributed by atoms with Gasteiger partial charge >= 0.3 is 5.97 Å². The number of aryl methyl sites for hydroxylation is 1. The molecule has 1 amide bonds. The number of aromatic nitrogens is 3. The van der Waals surface area contributed by atoms with Crippen molar-refractivity contribution < 1.29 is 19.1 Å². The first kappa shape index (κ1) is 23.9. The van der Waals surface area contributed by atoms with E-state index < -0.39 is 18.0 Å². The molecule has 0 aliphatic heterocycles. The van der Waals surface area contributed by atoms with Crippen LogP contribution in [0.2, 0.25) is 0 Å². The van der Waals surface area contributed by atoms with Crippen molar-refractivity contribution in [2.45, 2.75) is 78.0 Å². The Morgan fingerprint density at radius 1 is 1.24 bits per heavy atom. The third-order valence-electron chi connectivity index (χ3n) is 6.48. The number of amides is 1. The predicted octanol–water partition coefficient (Wildman–Crippen LogP) is 2.40. The van der Waals surface area contributed by atoms with E-state index >= 15 is 0 Å².